The Morgan fingerprint density at radius 2 is 1.66 bits per heavy atom. The van der Waals surface area contributed by atoms with Crippen LogP contribution in [0.3, 0.4) is 0 Å². The molecular weight excluding hydrogens is 755 g/mol. The highest BCUT2D eigenvalue weighted by atomic mass is 32.2. The van der Waals surface area contributed by atoms with Gasteiger partial charge >= 0.3 is 18.1 Å². The molecule has 290 valence electrons. The van der Waals surface area contributed by atoms with Gasteiger partial charge in [-0.2, -0.15) is 17.9 Å². The average molecular weight is 792 g/mol. The molecule has 3 aromatic carbocycles. The minimum atomic E-state index is -4.99. The average Bonchev–Trinajstić information content (AvgIpc) is 3.07. The van der Waals surface area contributed by atoms with Crippen LogP contribution in [-0.2, 0) is 47.0 Å². The lowest BCUT2D eigenvalue weighted by atomic mass is 10.1. The number of aliphatic hydroxyl groups is 1. The predicted octanol–water partition coefficient (Wildman–Crippen LogP) is 1.95. The second kappa shape index (κ2) is 19.0. The normalized spacial score (nSPS) is 14.5. The van der Waals surface area contributed by atoms with Crippen molar-refractivity contribution in [3.63, 3.8) is 0 Å². The van der Waals surface area contributed by atoms with Crippen LogP contribution in [0.25, 0.3) is 0 Å². The number of fused-ring (bicyclic) bond motifs is 1. The fourth-order valence-corrected chi connectivity index (χ4v) is 6.33. The molecule has 2 atom stereocenters. The molecule has 10 N–H and O–H groups in total. The third-order valence-corrected chi connectivity index (χ3v) is 9.27. The quantitative estimate of drug-likeness (QED) is 0.0721. The summed E-state index contributed by atoms with van der Waals surface area (Å²) in [6, 6.07) is 13.5. The SMILES string of the molecule is COc1ccc(C[C@@H](C)NC[C@H](O)c2ccc(O)c(NC=O)c2)cc1.NS(=O)(=O)c1cc2c(cc1C(F)(F)F)NCNS2(=O)=O.O=C(O)/C=C/C(=O)O. The Kier molecular flexibility index (Phi) is 15.7. The van der Waals surface area contributed by atoms with Gasteiger partial charge in [0.15, 0.2) is 0 Å². The summed E-state index contributed by atoms with van der Waals surface area (Å²) < 4.78 is 91.4. The number of alkyl halides is 3. The molecule has 0 aromatic heterocycles. The first kappa shape index (κ1) is 43.9. The van der Waals surface area contributed by atoms with Gasteiger partial charge in [0.2, 0.25) is 26.5 Å². The van der Waals surface area contributed by atoms with Gasteiger partial charge in [-0.25, -0.2) is 31.6 Å². The number of phenols is 1. The molecule has 22 heteroatoms. The number of sulfonamides is 2. The van der Waals surface area contributed by atoms with Crippen molar-refractivity contribution in [3.8, 4) is 11.5 Å². The van der Waals surface area contributed by atoms with Gasteiger partial charge in [0.25, 0.3) is 0 Å². The number of carbonyl (C=O) groups is 3. The van der Waals surface area contributed by atoms with Crippen molar-refractivity contribution in [2.24, 2.45) is 5.14 Å². The van der Waals surface area contributed by atoms with Crippen LogP contribution < -0.4 is 30.5 Å². The molecule has 0 aliphatic carbocycles. The first-order chi connectivity index (χ1) is 24.6. The first-order valence-corrected chi connectivity index (χ1v) is 17.8. The van der Waals surface area contributed by atoms with Crippen LogP contribution in [0.1, 0.15) is 29.7 Å². The number of amides is 1. The zero-order valence-electron chi connectivity index (χ0n) is 27.8. The molecule has 0 spiro atoms. The number of carbonyl (C=O) groups excluding carboxylic acids is 1. The van der Waals surface area contributed by atoms with E-state index in [1.165, 1.54) is 11.6 Å². The van der Waals surface area contributed by atoms with E-state index in [0.717, 1.165) is 12.2 Å². The maximum atomic E-state index is 12.8. The highest BCUT2D eigenvalue weighted by Gasteiger charge is 2.39. The number of phenolic OH excluding ortho intramolecular Hbond substituents is 1. The number of carboxylic acid groups (broad SMARTS) is 2. The van der Waals surface area contributed by atoms with Gasteiger partial charge in [0.05, 0.1) is 41.7 Å². The number of aromatic hydroxyl groups is 1. The van der Waals surface area contributed by atoms with Crippen molar-refractivity contribution in [2.75, 3.05) is 31.0 Å². The van der Waals surface area contributed by atoms with Crippen molar-refractivity contribution < 1.29 is 69.6 Å². The molecule has 0 saturated carbocycles. The standard InChI is InChI=1S/C19H24N2O4.C8H8F3N3O4S2.C4H4O4/c1-13(9-14-3-6-16(25-2)7-4-14)20-11-19(24)15-5-8-18(23)17(10-15)21-12-22;9-8(10,11)4-1-5-7(2-6(4)19(12,15)16)20(17,18)14-3-13-5;5-3(6)1-2-4(7)8/h3-8,10,12-13,19-20,23-24H,9,11H2,1-2H3,(H,21,22);1-2,13-14H,3H2,(H2,12,15,16);1-2H,(H,5,6)(H,7,8)/b;;2-1+/t13-,19+;;/m1../s1. The number of primary sulfonamides is 1. The van der Waals surface area contributed by atoms with E-state index in [0.29, 0.717) is 42.8 Å². The van der Waals surface area contributed by atoms with Crippen molar-refractivity contribution in [1.82, 2.24) is 10.0 Å². The molecule has 1 heterocycles. The number of anilines is 2. The van der Waals surface area contributed by atoms with Crippen LogP contribution in [0.15, 0.2) is 76.5 Å². The number of rotatable bonds is 12. The Morgan fingerprint density at radius 3 is 2.17 bits per heavy atom. The van der Waals surface area contributed by atoms with Gasteiger partial charge in [-0.1, -0.05) is 18.2 Å². The summed E-state index contributed by atoms with van der Waals surface area (Å²) >= 11 is 0. The van der Waals surface area contributed by atoms with Crippen LogP contribution in [0.2, 0.25) is 0 Å². The zero-order valence-corrected chi connectivity index (χ0v) is 29.4. The van der Waals surface area contributed by atoms with Gasteiger partial charge in [-0.3, -0.25) is 4.79 Å². The molecule has 17 nitrogen and oxygen atoms in total. The van der Waals surface area contributed by atoms with Crippen LogP contribution >= 0.6 is 0 Å². The van der Waals surface area contributed by atoms with Crippen LogP contribution in [0, 0.1) is 0 Å². The second-order valence-electron chi connectivity index (χ2n) is 10.8. The summed E-state index contributed by atoms with van der Waals surface area (Å²) in [5.74, 6) is -1.73. The van der Waals surface area contributed by atoms with Crippen molar-refractivity contribution >= 4 is 49.8 Å². The van der Waals surface area contributed by atoms with Crippen molar-refractivity contribution in [1.29, 1.82) is 0 Å². The third-order valence-electron chi connectivity index (χ3n) is 6.87. The lowest BCUT2D eigenvalue weighted by Gasteiger charge is -2.22. The highest BCUT2D eigenvalue weighted by molar-refractivity contribution is 7.90. The summed E-state index contributed by atoms with van der Waals surface area (Å²) in [7, 11) is -7.19. The topological polar surface area (TPSA) is 284 Å². The largest absolute Gasteiger partial charge is 0.506 e. The number of ether oxygens (including phenoxy) is 1. The first-order valence-electron chi connectivity index (χ1n) is 14.8. The molecule has 0 saturated heterocycles. The maximum Gasteiger partial charge on any atom is 0.417 e. The molecule has 1 aliphatic heterocycles. The number of aliphatic hydroxyl groups excluding tert-OH is 1. The molecule has 0 unspecified atom stereocenters. The summed E-state index contributed by atoms with van der Waals surface area (Å²) in [5, 5.41) is 48.4. The Bertz CT molecular complexity index is 2000. The smallest absolute Gasteiger partial charge is 0.417 e. The van der Waals surface area contributed by atoms with Crippen LogP contribution in [-0.4, -0.2) is 82.0 Å². The Morgan fingerprint density at radius 1 is 1.06 bits per heavy atom. The highest BCUT2D eigenvalue weighted by Crippen LogP contribution is 2.39. The maximum absolute atomic E-state index is 12.8. The number of halogens is 3. The number of aliphatic carboxylic acids is 2. The zero-order chi connectivity index (χ0) is 40.1. The van der Waals surface area contributed by atoms with E-state index in [2.05, 4.69) is 16.0 Å². The number of nitrogens with two attached hydrogens (primary N) is 1. The molecule has 1 aliphatic rings. The number of hydrogen-bond acceptors (Lipinski definition) is 12. The lowest BCUT2D eigenvalue weighted by molar-refractivity contribution is -0.140. The Hall–Kier alpha value is -5.26. The number of hydrogen-bond donors (Lipinski definition) is 9. The molecular formula is C31H36F3N5O12S2. The monoisotopic (exact) mass is 791 g/mol. The number of nitrogens with one attached hydrogen (secondary N) is 4. The van der Waals surface area contributed by atoms with Gasteiger partial charge in [-0.15, -0.1) is 0 Å². The lowest BCUT2D eigenvalue weighted by Crippen LogP contribution is -2.35. The molecule has 3 aromatic rings. The van der Waals surface area contributed by atoms with Gasteiger partial charge in [0, 0.05) is 24.7 Å². The van der Waals surface area contributed by atoms with Crippen molar-refractivity contribution in [3.05, 3.63) is 83.4 Å². The van der Waals surface area contributed by atoms with E-state index in [9.17, 15) is 54.6 Å². The fraction of sp³-hybridized carbons (Fsp3) is 0.258. The molecule has 1 amide bonds. The second-order valence-corrected chi connectivity index (χ2v) is 14.1. The van der Waals surface area contributed by atoms with E-state index in [1.807, 2.05) is 35.9 Å². The van der Waals surface area contributed by atoms with Gasteiger partial charge in [-0.05, 0) is 60.9 Å². The predicted molar refractivity (Wildman–Crippen MR) is 183 cm³/mol. The van der Waals surface area contributed by atoms with E-state index in [-0.39, 0.29) is 29.8 Å². The number of carboxylic acids is 2. The number of methoxy groups -OCH3 is 1. The molecule has 53 heavy (non-hydrogen) atoms. The van der Waals surface area contributed by atoms with Crippen LogP contribution in [0.4, 0.5) is 24.5 Å². The summed E-state index contributed by atoms with van der Waals surface area (Å²) in [4.78, 5) is 27.7. The Balaban J connectivity index is 0.000000310. The van der Waals surface area contributed by atoms with Gasteiger partial charge in [0.1, 0.15) is 16.4 Å². The molecule has 0 radical (unpaired) electrons. The minimum absolute atomic E-state index is 0.0381. The van der Waals surface area contributed by atoms with E-state index < -0.39 is 59.6 Å². The number of benzene rings is 3. The fourth-order valence-electron chi connectivity index (χ4n) is 4.38. The van der Waals surface area contributed by atoms with Crippen molar-refractivity contribution in [2.45, 2.75) is 41.5 Å². The Labute approximate surface area is 301 Å². The van der Waals surface area contributed by atoms with E-state index >= 15 is 0 Å². The van der Waals surface area contributed by atoms with E-state index in [1.54, 1.807) is 19.2 Å². The minimum Gasteiger partial charge on any atom is -0.506 e. The summed E-state index contributed by atoms with van der Waals surface area (Å²) in [5.41, 5.74) is 0.202. The molecule has 0 fully saturated rings. The third kappa shape index (κ3) is 14.0. The molecule has 0 bridgehead atoms. The summed E-state index contributed by atoms with van der Waals surface area (Å²) in [6.45, 7) is 2.11. The molecule has 4 rings (SSSR count). The summed E-state index contributed by atoms with van der Waals surface area (Å²) in [6.07, 6.45) is -3.31. The van der Waals surface area contributed by atoms with Crippen LogP contribution in [0.5, 0.6) is 11.5 Å². The van der Waals surface area contributed by atoms with E-state index in [4.69, 9.17) is 20.1 Å². The van der Waals surface area contributed by atoms with Gasteiger partial charge < -0.3 is 41.1 Å².